The fourth-order valence-corrected chi connectivity index (χ4v) is 3.59. The van der Waals surface area contributed by atoms with E-state index in [1.165, 1.54) is 0 Å². The molecule has 0 saturated carbocycles. The lowest BCUT2D eigenvalue weighted by molar-refractivity contribution is -0.139. The number of hydrogen-bond acceptors (Lipinski definition) is 5. The Morgan fingerprint density at radius 2 is 1.75 bits per heavy atom. The summed E-state index contributed by atoms with van der Waals surface area (Å²) in [6.07, 6.45) is 1.67. The van der Waals surface area contributed by atoms with E-state index in [4.69, 9.17) is 21.1 Å². The molecular formula is C24H27ClN2O5. The number of benzene rings is 2. The zero-order valence-corrected chi connectivity index (χ0v) is 18.5. The van der Waals surface area contributed by atoms with Crippen molar-refractivity contribution in [3.8, 4) is 0 Å². The van der Waals surface area contributed by atoms with Gasteiger partial charge in [0, 0.05) is 23.7 Å². The number of nitrogens with one attached hydrogen (secondary N) is 2. The Hall–Kier alpha value is -2.74. The summed E-state index contributed by atoms with van der Waals surface area (Å²) in [6, 6.07) is 13.2. The Morgan fingerprint density at radius 3 is 2.59 bits per heavy atom. The van der Waals surface area contributed by atoms with E-state index in [1.54, 1.807) is 42.5 Å². The van der Waals surface area contributed by atoms with Crippen LogP contribution in [0.4, 0.5) is 0 Å². The molecule has 2 aromatic rings. The standard InChI is InChI=1S/C24H27ClN2O5/c25-20-10-4-2-7-17(20)15-26-24(30)22(28)21-11-5-6-12-31-13-14-32-16-18-8-1-3-9-19(18)23(29)27-21/h1-4,7-10,21H,5-6,11-16H2,(H,26,30)(H,27,29). The lowest BCUT2D eigenvalue weighted by Gasteiger charge is -2.19. The van der Waals surface area contributed by atoms with Gasteiger partial charge in [-0.2, -0.15) is 0 Å². The number of ketones is 1. The first-order chi connectivity index (χ1) is 15.6. The zero-order valence-electron chi connectivity index (χ0n) is 17.8. The average molecular weight is 459 g/mol. The van der Waals surface area contributed by atoms with Crippen LogP contribution in [0.25, 0.3) is 0 Å². The minimum atomic E-state index is -0.939. The first-order valence-corrected chi connectivity index (χ1v) is 11.0. The molecule has 170 valence electrons. The molecule has 0 spiro atoms. The van der Waals surface area contributed by atoms with Gasteiger partial charge in [0.2, 0.25) is 5.78 Å². The maximum absolute atomic E-state index is 12.9. The van der Waals surface area contributed by atoms with E-state index >= 15 is 0 Å². The summed E-state index contributed by atoms with van der Waals surface area (Å²) in [5.74, 6) is -1.86. The molecule has 0 aromatic heterocycles. The molecule has 0 aliphatic carbocycles. The Bertz CT molecular complexity index is 949. The van der Waals surface area contributed by atoms with Gasteiger partial charge in [0.05, 0.1) is 25.9 Å². The number of halogens is 1. The second kappa shape index (κ2) is 12.3. The zero-order chi connectivity index (χ0) is 22.8. The summed E-state index contributed by atoms with van der Waals surface area (Å²) in [4.78, 5) is 38.4. The van der Waals surface area contributed by atoms with E-state index < -0.39 is 23.6 Å². The Morgan fingerprint density at radius 1 is 1.00 bits per heavy atom. The van der Waals surface area contributed by atoms with Crippen molar-refractivity contribution in [1.82, 2.24) is 10.6 Å². The quantitative estimate of drug-likeness (QED) is 0.687. The smallest absolute Gasteiger partial charge is 0.289 e. The van der Waals surface area contributed by atoms with Crippen LogP contribution in [-0.2, 0) is 32.2 Å². The summed E-state index contributed by atoms with van der Waals surface area (Å²) >= 11 is 6.11. The second-order valence-corrected chi connectivity index (χ2v) is 7.89. The second-order valence-electron chi connectivity index (χ2n) is 7.48. The van der Waals surface area contributed by atoms with Crippen molar-refractivity contribution in [2.45, 2.75) is 38.5 Å². The van der Waals surface area contributed by atoms with Crippen LogP contribution in [0.3, 0.4) is 0 Å². The van der Waals surface area contributed by atoms with Gasteiger partial charge in [0.15, 0.2) is 0 Å². The van der Waals surface area contributed by atoms with E-state index in [9.17, 15) is 14.4 Å². The summed E-state index contributed by atoms with van der Waals surface area (Å²) in [7, 11) is 0. The molecular weight excluding hydrogens is 432 g/mol. The highest BCUT2D eigenvalue weighted by atomic mass is 35.5. The third-order valence-corrected chi connectivity index (χ3v) is 5.53. The van der Waals surface area contributed by atoms with Gasteiger partial charge in [0.1, 0.15) is 0 Å². The summed E-state index contributed by atoms with van der Waals surface area (Å²) in [5, 5.41) is 5.86. The molecule has 1 atom stereocenters. The van der Waals surface area contributed by atoms with Gasteiger partial charge in [-0.1, -0.05) is 48.0 Å². The van der Waals surface area contributed by atoms with Crippen molar-refractivity contribution in [2.75, 3.05) is 19.8 Å². The number of fused-ring (bicyclic) bond motifs is 1. The molecule has 8 heteroatoms. The molecule has 1 unspecified atom stereocenters. The van der Waals surface area contributed by atoms with Gasteiger partial charge < -0.3 is 20.1 Å². The number of carbonyl (C=O) groups is 3. The monoisotopic (exact) mass is 458 g/mol. The van der Waals surface area contributed by atoms with Crippen LogP contribution in [0.2, 0.25) is 5.02 Å². The molecule has 2 amide bonds. The van der Waals surface area contributed by atoms with Crippen molar-refractivity contribution in [1.29, 1.82) is 0 Å². The highest BCUT2D eigenvalue weighted by Crippen LogP contribution is 2.15. The predicted molar refractivity (Wildman–Crippen MR) is 120 cm³/mol. The van der Waals surface area contributed by atoms with Crippen molar-refractivity contribution in [3.05, 3.63) is 70.2 Å². The van der Waals surface area contributed by atoms with Gasteiger partial charge in [-0.25, -0.2) is 0 Å². The van der Waals surface area contributed by atoms with Crippen LogP contribution in [0, 0.1) is 0 Å². The van der Waals surface area contributed by atoms with E-state index in [1.807, 2.05) is 6.07 Å². The van der Waals surface area contributed by atoms with Gasteiger partial charge in [-0.3, -0.25) is 14.4 Å². The molecule has 2 aromatic carbocycles. The maximum Gasteiger partial charge on any atom is 0.289 e. The fourth-order valence-electron chi connectivity index (χ4n) is 3.39. The molecule has 0 radical (unpaired) electrons. The third kappa shape index (κ3) is 6.88. The Labute approximate surface area is 192 Å². The van der Waals surface area contributed by atoms with Gasteiger partial charge >= 0.3 is 0 Å². The average Bonchev–Trinajstić information content (AvgIpc) is 2.80. The van der Waals surface area contributed by atoms with Crippen LogP contribution < -0.4 is 10.6 Å². The molecule has 0 saturated heterocycles. The number of rotatable bonds is 4. The first-order valence-electron chi connectivity index (χ1n) is 10.7. The summed E-state index contributed by atoms with van der Waals surface area (Å²) < 4.78 is 11.1. The van der Waals surface area contributed by atoms with Crippen LogP contribution in [-0.4, -0.2) is 43.5 Å². The fraction of sp³-hybridized carbons (Fsp3) is 0.375. The summed E-state index contributed by atoms with van der Waals surface area (Å²) in [6.45, 7) is 1.79. The van der Waals surface area contributed by atoms with E-state index in [2.05, 4.69) is 10.6 Å². The molecule has 32 heavy (non-hydrogen) atoms. The van der Waals surface area contributed by atoms with E-state index in [0.29, 0.717) is 60.8 Å². The molecule has 0 bridgehead atoms. The predicted octanol–water partition coefficient (Wildman–Crippen LogP) is 3.04. The largest absolute Gasteiger partial charge is 0.379 e. The lowest BCUT2D eigenvalue weighted by Crippen LogP contribution is -2.47. The van der Waals surface area contributed by atoms with Crippen LogP contribution >= 0.6 is 11.6 Å². The highest BCUT2D eigenvalue weighted by molar-refractivity contribution is 6.38. The number of ether oxygens (including phenoxy) is 2. The van der Waals surface area contributed by atoms with E-state index in [-0.39, 0.29) is 13.2 Å². The first kappa shape index (κ1) is 23.9. The normalized spacial score (nSPS) is 18.0. The highest BCUT2D eigenvalue weighted by Gasteiger charge is 2.27. The number of amides is 2. The molecule has 1 aliphatic heterocycles. The third-order valence-electron chi connectivity index (χ3n) is 5.17. The molecule has 3 rings (SSSR count). The van der Waals surface area contributed by atoms with Crippen molar-refractivity contribution >= 4 is 29.2 Å². The van der Waals surface area contributed by atoms with Gasteiger partial charge in [-0.15, -0.1) is 0 Å². The van der Waals surface area contributed by atoms with Crippen LogP contribution in [0.15, 0.2) is 48.5 Å². The van der Waals surface area contributed by atoms with Gasteiger partial charge in [-0.05, 0) is 42.5 Å². The van der Waals surface area contributed by atoms with Crippen molar-refractivity contribution < 1.29 is 23.9 Å². The molecule has 1 heterocycles. The Kier molecular flexibility index (Phi) is 9.22. The van der Waals surface area contributed by atoms with Crippen LogP contribution in [0.5, 0.6) is 0 Å². The lowest BCUT2D eigenvalue weighted by atomic mass is 10.0. The number of carbonyl (C=O) groups excluding carboxylic acids is 3. The number of Topliss-reactive ketones (excluding diaryl/α,β-unsaturated/α-hetero) is 1. The van der Waals surface area contributed by atoms with Crippen molar-refractivity contribution in [3.63, 3.8) is 0 Å². The molecule has 2 N–H and O–H groups in total. The minimum Gasteiger partial charge on any atom is -0.379 e. The summed E-state index contributed by atoms with van der Waals surface area (Å²) in [5.41, 5.74) is 1.83. The van der Waals surface area contributed by atoms with Gasteiger partial charge in [0.25, 0.3) is 11.8 Å². The molecule has 1 aliphatic rings. The topological polar surface area (TPSA) is 93.7 Å². The molecule has 0 fully saturated rings. The van der Waals surface area contributed by atoms with E-state index in [0.717, 1.165) is 0 Å². The minimum absolute atomic E-state index is 0.124. The van der Waals surface area contributed by atoms with Crippen LogP contribution in [0.1, 0.15) is 40.7 Å². The Balaban J connectivity index is 1.71. The maximum atomic E-state index is 12.9. The SMILES string of the molecule is O=C(NCc1ccccc1Cl)C(=O)C1CCCCOCCOCc2ccccc2C(=O)N1. The van der Waals surface area contributed by atoms with Crippen molar-refractivity contribution in [2.24, 2.45) is 0 Å². The number of hydrogen-bond donors (Lipinski definition) is 2. The molecule has 7 nitrogen and oxygen atoms in total.